The first-order valence-corrected chi connectivity index (χ1v) is 7.91. The van der Waals surface area contributed by atoms with Gasteiger partial charge in [-0.15, -0.1) is 0 Å². The molecular formula is C19H14FNO5. The summed E-state index contributed by atoms with van der Waals surface area (Å²) in [5.41, 5.74) is 1.87. The molecule has 7 heteroatoms. The number of carboxylic acid groups (broad SMARTS) is 1. The zero-order chi connectivity index (χ0) is 18.4. The predicted octanol–water partition coefficient (Wildman–Crippen LogP) is 3.13. The summed E-state index contributed by atoms with van der Waals surface area (Å²) in [6.07, 6.45) is -0.230. The van der Waals surface area contributed by atoms with Crippen LogP contribution in [0, 0.1) is 12.7 Å². The molecule has 3 aromatic rings. The van der Waals surface area contributed by atoms with E-state index in [0.29, 0.717) is 39.2 Å². The average molecular weight is 355 g/mol. The summed E-state index contributed by atoms with van der Waals surface area (Å²) in [6, 6.07) is 8.57. The molecule has 1 aliphatic heterocycles. The Kier molecular flexibility index (Phi) is 3.64. The molecule has 132 valence electrons. The van der Waals surface area contributed by atoms with E-state index < -0.39 is 11.8 Å². The molecule has 1 N–H and O–H groups in total. The van der Waals surface area contributed by atoms with Crippen molar-refractivity contribution >= 4 is 22.8 Å². The molecule has 0 amide bonds. The molecule has 4 rings (SSSR count). The van der Waals surface area contributed by atoms with E-state index in [2.05, 4.69) is 0 Å². The molecule has 26 heavy (non-hydrogen) atoms. The number of carbonyl (C=O) groups excluding carboxylic acids is 1. The summed E-state index contributed by atoms with van der Waals surface area (Å²) in [6.45, 7) is 1.76. The number of carbonyl (C=O) groups is 2. The maximum atomic E-state index is 13.2. The van der Waals surface area contributed by atoms with Crippen molar-refractivity contribution in [1.29, 1.82) is 0 Å². The van der Waals surface area contributed by atoms with Gasteiger partial charge in [0.05, 0.1) is 11.9 Å². The van der Waals surface area contributed by atoms with Gasteiger partial charge in [0, 0.05) is 22.7 Å². The van der Waals surface area contributed by atoms with Crippen LogP contribution < -0.4 is 9.47 Å². The maximum Gasteiger partial charge on any atom is 0.307 e. The van der Waals surface area contributed by atoms with E-state index in [-0.39, 0.29) is 19.1 Å². The highest BCUT2D eigenvalue weighted by Crippen LogP contribution is 2.39. The average Bonchev–Trinajstić information content (AvgIpc) is 3.16. The lowest BCUT2D eigenvalue weighted by Gasteiger charge is -2.08. The molecule has 1 aromatic heterocycles. The van der Waals surface area contributed by atoms with Crippen LogP contribution >= 0.6 is 0 Å². The fourth-order valence-corrected chi connectivity index (χ4v) is 3.23. The minimum Gasteiger partial charge on any atom is -0.481 e. The highest BCUT2D eigenvalue weighted by atomic mass is 19.1. The molecule has 0 saturated carbocycles. The Bertz CT molecular complexity index is 1050. The molecule has 0 aliphatic carbocycles. The van der Waals surface area contributed by atoms with Crippen molar-refractivity contribution in [3.63, 3.8) is 0 Å². The molecule has 2 heterocycles. The monoisotopic (exact) mass is 355 g/mol. The normalized spacial score (nSPS) is 12.5. The number of nitrogens with zero attached hydrogens (tertiary/aromatic N) is 1. The second-order valence-corrected chi connectivity index (χ2v) is 6.00. The van der Waals surface area contributed by atoms with Crippen LogP contribution in [-0.2, 0) is 11.2 Å². The smallest absolute Gasteiger partial charge is 0.307 e. The number of hydrogen-bond donors (Lipinski definition) is 1. The molecule has 0 radical (unpaired) electrons. The van der Waals surface area contributed by atoms with E-state index >= 15 is 0 Å². The van der Waals surface area contributed by atoms with E-state index in [1.807, 2.05) is 0 Å². The first-order valence-electron chi connectivity index (χ1n) is 7.91. The molecule has 0 bridgehead atoms. The van der Waals surface area contributed by atoms with Crippen molar-refractivity contribution in [3.8, 4) is 11.5 Å². The third kappa shape index (κ3) is 2.48. The van der Waals surface area contributed by atoms with Gasteiger partial charge in [-0.3, -0.25) is 14.2 Å². The van der Waals surface area contributed by atoms with Crippen LogP contribution in [-0.4, -0.2) is 28.3 Å². The highest BCUT2D eigenvalue weighted by molar-refractivity contribution is 6.05. The van der Waals surface area contributed by atoms with Crippen LogP contribution in [0.1, 0.15) is 21.6 Å². The Morgan fingerprint density at radius 1 is 1.15 bits per heavy atom. The fourth-order valence-electron chi connectivity index (χ4n) is 3.23. The molecule has 0 spiro atoms. The molecule has 0 fully saturated rings. The molecule has 0 atom stereocenters. The Morgan fingerprint density at radius 2 is 1.81 bits per heavy atom. The number of aromatic nitrogens is 1. The van der Waals surface area contributed by atoms with Crippen LogP contribution in [0.2, 0.25) is 0 Å². The van der Waals surface area contributed by atoms with Crippen molar-refractivity contribution in [2.45, 2.75) is 13.3 Å². The Labute approximate surface area is 147 Å². The summed E-state index contributed by atoms with van der Waals surface area (Å²) < 4.78 is 25.4. The van der Waals surface area contributed by atoms with Gasteiger partial charge in [0.15, 0.2) is 11.5 Å². The van der Waals surface area contributed by atoms with Gasteiger partial charge >= 0.3 is 5.97 Å². The maximum absolute atomic E-state index is 13.2. The highest BCUT2D eigenvalue weighted by Gasteiger charge is 2.25. The number of aliphatic carboxylic acids is 1. The Morgan fingerprint density at radius 3 is 2.46 bits per heavy atom. The second kappa shape index (κ2) is 5.87. The van der Waals surface area contributed by atoms with Crippen LogP contribution in [0.5, 0.6) is 11.5 Å². The summed E-state index contributed by atoms with van der Waals surface area (Å²) >= 11 is 0. The SMILES string of the molecule is Cc1c(CC(=O)O)c2cc3c(cc2n1C(=O)c1ccc(F)cc1)OCO3. The number of rotatable bonds is 3. The van der Waals surface area contributed by atoms with Crippen molar-refractivity contribution in [3.05, 3.63) is 59.0 Å². The van der Waals surface area contributed by atoms with Gasteiger partial charge in [0.25, 0.3) is 5.91 Å². The third-order valence-corrected chi connectivity index (χ3v) is 4.45. The van der Waals surface area contributed by atoms with Crippen LogP contribution in [0.3, 0.4) is 0 Å². The van der Waals surface area contributed by atoms with Crippen LogP contribution in [0.15, 0.2) is 36.4 Å². The van der Waals surface area contributed by atoms with Crippen LogP contribution in [0.4, 0.5) is 4.39 Å². The largest absolute Gasteiger partial charge is 0.481 e. The Hall–Kier alpha value is -3.35. The number of benzene rings is 2. The molecule has 2 aromatic carbocycles. The molecule has 0 unspecified atom stereocenters. The van der Waals surface area contributed by atoms with Crippen molar-refractivity contribution < 1.29 is 28.6 Å². The van der Waals surface area contributed by atoms with E-state index in [1.54, 1.807) is 19.1 Å². The first kappa shape index (κ1) is 16.1. The minimum absolute atomic E-state index is 0.0705. The fraction of sp³-hybridized carbons (Fsp3) is 0.158. The lowest BCUT2D eigenvalue weighted by Crippen LogP contribution is -2.14. The van der Waals surface area contributed by atoms with Gasteiger partial charge in [0.1, 0.15) is 5.82 Å². The van der Waals surface area contributed by atoms with E-state index in [0.717, 1.165) is 0 Å². The topological polar surface area (TPSA) is 77.8 Å². The molecule has 6 nitrogen and oxygen atoms in total. The lowest BCUT2D eigenvalue weighted by molar-refractivity contribution is -0.136. The van der Waals surface area contributed by atoms with E-state index in [4.69, 9.17) is 9.47 Å². The minimum atomic E-state index is -1.00. The van der Waals surface area contributed by atoms with Gasteiger partial charge in [-0.1, -0.05) is 0 Å². The van der Waals surface area contributed by atoms with Crippen LogP contribution in [0.25, 0.3) is 10.9 Å². The van der Waals surface area contributed by atoms with E-state index in [9.17, 15) is 19.1 Å². The number of ether oxygens (including phenoxy) is 2. The van der Waals surface area contributed by atoms with Crippen molar-refractivity contribution in [2.24, 2.45) is 0 Å². The summed E-state index contributed by atoms with van der Waals surface area (Å²) in [5, 5.41) is 9.86. The zero-order valence-corrected chi connectivity index (χ0v) is 13.8. The van der Waals surface area contributed by atoms with Gasteiger partial charge < -0.3 is 14.6 Å². The predicted molar refractivity (Wildman–Crippen MR) is 90.3 cm³/mol. The number of carboxylic acids is 1. The quantitative estimate of drug-likeness (QED) is 0.781. The Balaban J connectivity index is 1.95. The van der Waals surface area contributed by atoms with Crippen molar-refractivity contribution in [2.75, 3.05) is 6.79 Å². The summed E-state index contributed by atoms with van der Waals surface area (Å²) in [5.74, 6) is -0.812. The zero-order valence-electron chi connectivity index (χ0n) is 13.8. The van der Waals surface area contributed by atoms with Crippen molar-refractivity contribution in [1.82, 2.24) is 4.57 Å². The van der Waals surface area contributed by atoms with E-state index in [1.165, 1.54) is 28.8 Å². The van der Waals surface area contributed by atoms with Gasteiger partial charge in [-0.05, 0) is 42.8 Å². The first-order chi connectivity index (χ1) is 12.5. The molecule has 1 aliphatic rings. The number of hydrogen-bond acceptors (Lipinski definition) is 4. The number of fused-ring (bicyclic) bond motifs is 2. The summed E-state index contributed by atoms with van der Waals surface area (Å²) in [4.78, 5) is 24.3. The number of halogens is 1. The second-order valence-electron chi connectivity index (χ2n) is 6.00. The van der Waals surface area contributed by atoms with Gasteiger partial charge in [-0.2, -0.15) is 0 Å². The lowest BCUT2D eigenvalue weighted by atomic mass is 10.1. The molecular weight excluding hydrogens is 341 g/mol. The van der Waals surface area contributed by atoms with Gasteiger partial charge in [-0.25, -0.2) is 4.39 Å². The standard InChI is InChI=1S/C19H14FNO5/c1-10-13(7-18(22)23)14-6-16-17(26-9-25-16)8-15(14)21(10)19(24)11-2-4-12(20)5-3-11/h2-6,8H,7,9H2,1H3,(H,22,23). The summed E-state index contributed by atoms with van der Waals surface area (Å²) in [7, 11) is 0. The molecule has 0 saturated heterocycles. The van der Waals surface area contributed by atoms with Gasteiger partial charge in [0.2, 0.25) is 6.79 Å². The third-order valence-electron chi connectivity index (χ3n) is 4.45.